The first-order chi connectivity index (χ1) is 19.7. The monoisotopic (exact) mass is 593 g/mol. The van der Waals surface area contributed by atoms with Crippen molar-refractivity contribution in [2.24, 2.45) is 0 Å². The zero-order valence-corrected chi connectivity index (χ0v) is 25.0. The summed E-state index contributed by atoms with van der Waals surface area (Å²) in [6.07, 6.45) is 2.37. The van der Waals surface area contributed by atoms with E-state index in [1.165, 1.54) is 10.5 Å². The Kier molecular flexibility index (Phi) is 14.1. The lowest BCUT2D eigenvalue weighted by atomic mass is 10.0. The third kappa shape index (κ3) is 14.6. The Hall–Kier alpha value is -3.26. The molecule has 1 heterocycles. The average Bonchev–Trinajstić information content (AvgIpc) is 2.91. The Labute approximate surface area is 247 Å². The lowest BCUT2D eigenvalue weighted by molar-refractivity contribution is -0.142. The van der Waals surface area contributed by atoms with Crippen LogP contribution in [0.25, 0.3) is 0 Å². The van der Waals surface area contributed by atoms with E-state index in [1.807, 2.05) is 4.90 Å². The van der Waals surface area contributed by atoms with Crippen LogP contribution in [0.1, 0.15) is 39.2 Å². The van der Waals surface area contributed by atoms with E-state index in [1.54, 1.807) is 4.90 Å². The molecule has 13 heteroatoms. The van der Waals surface area contributed by atoms with Crippen LogP contribution in [0.4, 0.5) is 5.69 Å². The summed E-state index contributed by atoms with van der Waals surface area (Å²) >= 11 is 0. The Morgan fingerprint density at radius 2 is 1.38 bits per heavy atom. The molecule has 2 rings (SSSR count). The third-order valence-electron chi connectivity index (χ3n) is 7.04. The highest BCUT2D eigenvalue weighted by Gasteiger charge is 2.27. The summed E-state index contributed by atoms with van der Waals surface area (Å²) in [7, 11) is 0. The molecule has 0 aliphatic carbocycles. The molecule has 0 radical (unpaired) electrons. The average molecular weight is 594 g/mol. The molecule has 1 atom stereocenters. The number of aliphatic carboxylic acids is 4. The number of nitrogens with zero attached hydrogens (tertiary/aromatic N) is 4. The van der Waals surface area contributed by atoms with Crippen LogP contribution in [-0.2, 0) is 25.6 Å². The molecule has 0 amide bonds. The van der Waals surface area contributed by atoms with Gasteiger partial charge in [0.2, 0.25) is 0 Å². The second kappa shape index (κ2) is 17.0. The van der Waals surface area contributed by atoms with Gasteiger partial charge in [0.25, 0.3) is 0 Å². The van der Waals surface area contributed by atoms with Gasteiger partial charge in [-0.25, -0.2) is 0 Å². The molecule has 1 unspecified atom stereocenters. The van der Waals surface area contributed by atoms with Crippen molar-refractivity contribution in [2.45, 2.75) is 51.6 Å². The third-order valence-corrected chi connectivity index (χ3v) is 7.04. The predicted molar refractivity (Wildman–Crippen MR) is 158 cm³/mol. The summed E-state index contributed by atoms with van der Waals surface area (Å²) < 4.78 is 0. The van der Waals surface area contributed by atoms with E-state index >= 15 is 0 Å². The van der Waals surface area contributed by atoms with Crippen molar-refractivity contribution in [1.82, 2.24) is 19.6 Å². The maximum Gasteiger partial charge on any atom is 0.317 e. The number of hydrogen-bond acceptors (Lipinski definition) is 9. The quantitative estimate of drug-likeness (QED) is 0.185. The first kappa shape index (κ1) is 34.9. The minimum atomic E-state index is -1.12. The highest BCUT2D eigenvalue weighted by Crippen LogP contribution is 2.18. The number of carboxylic acid groups (broad SMARTS) is 4. The summed E-state index contributed by atoms with van der Waals surface area (Å²) in [5.74, 6) is -4.19. The smallest absolute Gasteiger partial charge is 0.317 e. The lowest BCUT2D eigenvalue weighted by Gasteiger charge is -2.35. The SMILES string of the molecule is CC(C)(C)Nc1ccc(CCCC2CN(CC(=O)O)CCN(CC(=O)O)CCN2CCN(CC(=O)O)CC(=O)O)cc1. The van der Waals surface area contributed by atoms with Crippen molar-refractivity contribution in [3.63, 3.8) is 0 Å². The normalized spacial score (nSPS) is 17.8. The molecule has 1 aromatic carbocycles. The van der Waals surface area contributed by atoms with Gasteiger partial charge in [-0.3, -0.25) is 38.8 Å². The number of carbonyl (C=O) groups is 4. The highest BCUT2D eigenvalue weighted by molar-refractivity contribution is 5.72. The molecule has 13 nitrogen and oxygen atoms in total. The van der Waals surface area contributed by atoms with Crippen molar-refractivity contribution in [3.8, 4) is 0 Å². The van der Waals surface area contributed by atoms with E-state index < -0.39 is 37.0 Å². The van der Waals surface area contributed by atoms with E-state index in [2.05, 4.69) is 55.3 Å². The second-order valence-electron chi connectivity index (χ2n) is 12.0. The van der Waals surface area contributed by atoms with Gasteiger partial charge in [-0.05, 0) is 57.7 Å². The molecule has 5 N–H and O–H groups in total. The molecule has 42 heavy (non-hydrogen) atoms. The van der Waals surface area contributed by atoms with Crippen LogP contribution in [0.2, 0.25) is 0 Å². The fourth-order valence-corrected chi connectivity index (χ4v) is 5.20. The molecular formula is C29H47N5O8. The number of aryl methyl sites for hydroxylation is 1. The summed E-state index contributed by atoms with van der Waals surface area (Å²) in [6.45, 7) is 7.82. The van der Waals surface area contributed by atoms with Crippen LogP contribution in [0, 0.1) is 0 Å². The second-order valence-corrected chi connectivity index (χ2v) is 12.0. The van der Waals surface area contributed by atoms with Crippen LogP contribution in [0.15, 0.2) is 24.3 Å². The van der Waals surface area contributed by atoms with Gasteiger partial charge in [0.15, 0.2) is 0 Å². The summed E-state index contributed by atoms with van der Waals surface area (Å²) in [4.78, 5) is 52.8. The Balaban J connectivity index is 2.21. The Morgan fingerprint density at radius 1 is 0.833 bits per heavy atom. The fraction of sp³-hybridized carbons (Fsp3) is 0.655. The summed E-state index contributed by atoms with van der Waals surface area (Å²) in [6, 6.07) is 8.19. The van der Waals surface area contributed by atoms with Gasteiger partial charge >= 0.3 is 23.9 Å². The number of carboxylic acids is 4. The van der Waals surface area contributed by atoms with Gasteiger partial charge in [-0.15, -0.1) is 0 Å². The molecule has 1 aliphatic heterocycles. The predicted octanol–water partition coefficient (Wildman–Crippen LogP) is 1.15. The molecule has 0 aromatic heterocycles. The van der Waals surface area contributed by atoms with Crippen molar-refractivity contribution >= 4 is 29.6 Å². The first-order valence-corrected chi connectivity index (χ1v) is 14.4. The molecule has 236 valence electrons. The molecule has 1 fully saturated rings. The minimum absolute atomic E-state index is 0.0473. The van der Waals surface area contributed by atoms with Gasteiger partial charge in [-0.2, -0.15) is 0 Å². The topological polar surface area (TPSA) is 174 Å². The van der Waals surface area contributed by atoms with Crippen molar-refractivity contribution in [3.05, 3.63) is 29.8 Å². The number of rotatable bonds is 16. The summed E-state index contributed by atoms with van der Waals surface area (Å²) in [5.41, 5.74) is 2.17. The number of hydrogen-bond donors (Lipinski definition) is 5. The maximum atomic E-state index is 11.6. The van der Waals surface area contributed by atoms with Crippen LogP contribution >= 0.6 is 0 Å². The zero-order valence-electron chi connectivity index (χ0n) is 25.0. The van der Waals surface area contributed by atoms with Gasteiger partial charge in [-0.1, -0.05) is 12.1 Å². The van der Waals surface area contributed by atoms with Gasteiger partial charge < -0.3 is 25.7 Å². The van der Waals surface area contributed by atoms with Crippen molar-refractivity contribution in [1.29, 1.82) is 0 Å². The van der Waals surface area contributed by atoms with Crippen LogP contribution in [-0.4, -0.2) is 147 Å². The molecule has 1 aliphatic rings. The van der Waals surface area contributed by atoms with Gasteiger partial charge in [0, 0.05) is 63.1 Å². The van der Waals surface area contributed by atoms with E-state index in [0.29, 0.717) is 39.3 Å². The van der Waals surface area contributed by atoms with Crippen LogP contribution in [0.5, 0.6) is 0 Å². The standard InChI is InChI=1S/C29H47N5O8/c1-29(2,3)30-23-9-7-22(8-10-23)5-4-6-24-17-32(19-26(37)38)12-11-31(18-25(35)36)13-15-34(24)16-14-33(20-27(39)40)21-28(41)42/h7-10,24,30H,4-6,11-21H2,1-3H3,(H,35,36)(H,37,38)(H,39,40)(H,41,42). The molecule has 0 spiro atoms. The van der Waals surface area contributed by atoms with Crippen molar-refractivity contribution in [2.75, 3.05) is 77.3 Å². The van der Waals surface area contributed by atoms with E-state index in [9.17, 15) is 39.6 Å². The van der Waals surface area contributed by atoms with Crippen LogP contribution in [0.3, 0.4) is 0 Å². The highest BCUT2D eigenvalue weighted by atomic mass is 16.4. The van der Waals surface area contributed by atoms with E-state index in [-0.39, 0.29) is 31.2 Å². The molecule has 1 saturated heterocycles. The Morgan fingerprint density at radius 3 is 1.93 bits per heavy atom. The lowest BCUT2D eigenvalue weighted by Crippen LogP contribution is -2.49. The molecular weight excluding hydrogens is 546 g/mol. The number of nitrogens with one attached hydrogen (secondary N) is 1. The molecule has 0 bridgehead atoms. The maximum absolute atomic E-state index is 11.6. The molecule has 1 aromatic rings. The first-order valence-electron chi connectivity index (χ1n) is 14.4. The number of anilines is 1. The van der Waals surface area contributed by atoms with Crippen molar-refractivity contribution < 1.29 is 39.6 Å². The number of benzene rings is 1. The largest absolute Gasteiger partial charge is 0.480 e. The Bertz CT molecular complexity index is 1010. The molecule has 0 saturated carbocycles. The van der Waals surface area contributed by atoms with Gasteiger partial charge in [0.05, 0.1) is 26.2 Å². The zero-order chi connectivity index (χ0) is 31.3. The van der Waals surface area contributed by atoms with Crippen LogP contribution < -0.4 is 5.32 Å². The fourth-order valence-electron chi connectivity index (χ4n) is 5.20. The van der Waals surface area contributed by atoms with Gasteiger partial charge in [0.1, 0.15) is 0 Å². The summed E-state index contributed by atoms with van der Waals surface area (Å²) in [5, 5.41) is 40.9. The van der Waals surface area contributed by atoms with E-state index in [0.717, 1.165) is 24.9 Å². The van der Waals surface area contributed by atoms with E-state index in [4.69, 9.17) is 0 Å². The minimum Gasteiger partial charge on any atom is -0.480 e.